The number of nitrogens with one attached hydrogen (secondary N) is 2. The van der Waals surface area contributed by atoms with Gasteiger partial charge in [-0.1, -0.05) is 48.0 Å². The number of hydrogen-bond acceptors (Lipinski definition) is 4. The lowest BCUT2D eigenvalue weighted by molar-refractivity contribution is 0.222. The quantitative estimate of drug-likeness (QED) is 0.285. The van der Waals surface area contributed by atoms with Gasteiger partial charge in [-0.3, -0.25) is 0 Å². The number of para-hydroxylation sites is 1. The van der Waals surface area contributed by atoms with Crippen LogP contribution in [0.15, 0.2) is 65.3 Å². The van der Waals surface area contributed by atoms with Gasteiger partial charge in [0.15, 0.2) is 5.65 Å². The van der Waals surface area contributed by atoms with Crippen molar-refractivity contribution in [2.45, 2.75) is 13.3 Å². The van der Waals surface area contributed by atoms with Crippen LogP contribution >= 0.6 is 27.5 Å². The van der Waals surface area contributed by atoms with Crippen molar-refractivity contribution in [2.24, 2.45) is 0 Å². The minimum Gasteiger partial charge on any atom is -0.370 e. The third-order valence-corrected chi connectivity index (χ3v) is 6.18. The van der Waals surface area contributed by atoms with E-state index in [0.717, 1.165) is 39.2 Å². The molecule has 0 aliphatic heterocycles. The first-order valence-electron chi connectivity index (χ1n) is 10.5. The van der Waals surface area contributed by atoms with Crippen LogP contribution in [0, 0.1) is 6.92 Å². The molecule has 0 spiro atoms. The topological polar surface area (TPSA) is 74.6 Å². The molecule has 9 heteroatoms. The van der Waals surface area contributed by atoms with Gasteiger partial charge in [-0.15, -0.1) is 0 Å². The van der Waals surface area contributed by atoms with E-state index in [2.05, 4.69) is 31.7 Å². The maximum atomic E-state index is 12.5. The monoisotopic (exact) mass is 526 g/mol. The highest BCUT2D eigenvalue weighted by Crippen LogP contribution is 2.30. The minimum absolute atomic E-state index is 0.132. The molecule has 0 saturated heterocycles. The number of rotatable bonds is 7. The first-order valence-corrected chi connectivity index (χ1v) is 11.7. The molecule has 170 valence electrons. The number of amides is 2. The number of aryl methyl sites for hydroxylation is 1. The van der Waals surface area contributed by atoms with Gasteiger partial charge in [0.2, 0.25) is 0 Å². The smallest absolute Gasteiger partial charge is 0.321 e. The largest absolute Gasteiger partial charge is 0.370 e. The Kier molecular flexibility index (Phi) is 7.15. The van der Waals surface area contributed by atoms with E-state index >= 15 is 0 Å². The number of carbonyl (C=O) groups excluding carboxylic acids is 1. The Balaban J connectivity index is 1.41. The molecule has 2 aromatic carbocycles. The summed E-state index contributed by atoms with van der Waals surface area (Å²) in [7, 11) is 1.79. The van der Waals surface area contributed by atoms with Crippen LogP contribution in [0.2, 0.25) is 5.02 Å². The van der Waals surface area contributed by atoms with E-state index in [9.17, 15) is 4.79 Å². The van der Waals surface area contributed by atoms with E-state index in [4.69, 9.17) is 16.6 Å². The number of nitrogens with zero attached hydrogens (tertiary/aromatic N) is 4. The van der Waals surface area contributed by atoms with Gasteiger partial charge in [0.1, 0.15) is 5.82 Å². The molecule has 33 heavy (non-hydrogen) atoms. The van der Waals surface area contributed by atoms with Crippen molar-refractivity contribution in [1.29, 1.82) is 0 Å². The highest BCUT2D eigenvalue weighted by Gasteiger charge is 2.14. The van der Waals surface area contributed by atoms with Gasteiger partial charge in [-0.05, 0) is 47.0 Å². The van der Waals surface area contributed by atoms with Crippen molar-refractivity contribution in [3.05, 3.63) is 75.9 Å². The summed E-state index contributed by atoms with van der Waals surface area (Å²) in [5.74, 6) is 0.799. The lowest BCUT2D eigenvalue weighted by atomic mass is 10.1. The summed E-state index contributed by atoms with van der Waals surface area (Å²) < 4.78 is 2.55. The van der Waals surface area contributed by atoms with E-state index in [1.165, 1.54) is 0 Å². The van der Waals surface area contributed by atoms with Crippen molar-refractivity contribution in [1.82, 2.24) is 19.5 Å². The van der Waals surface area contributed by atoms with Crippen molar-refractivity contribution < 1.29 is 4.79 Å². The van der Waals surface area contributed by atoms with Gasteiger partial charge in [0.05, 0.1) is 16.4 Å². The number of fused-ring (bicyclic) bond motifs is 1. The number of aromatic nitrogens is 3. The molecule has 0 saturated carbocycles. The first-order chi connectivity index (χ1) is 15.9. The lowest BCUT2D eigenvalue weighted by Gasteiger charge is -2.19. The Labute approximate surface area is 205 Å². The molecule has 0 aliphatic rings. The van der Waals surface area contributed by atoms with Gasteiger partial charge in [-0.25, -0.2) is 9.78 Å². The summed E-state index contributed by atoms with van der Waals surface area (Å²) in [4.78, 5) is 18.9. The van der Waals surface area contributed by atoms with Gasteiger partial charge in [0.25, 0.3) is 0 Å². The molecule has 7 nitrogen and oxygen atoms in total. The zero-order valence-corrected chi connectivity index (χ0v) is 20.7. The van der Waals surface area contributed by atoms with Gasteiger partial charge >= 0.3 is 6.03 Å². The maximum Gasteiger partial charge on any atom is 0.321 e. The van der Waals surface area contributed by atoms with E-state index in [1.807, 2.05) is 61.5 Å². The van der Waals surface area contributed by atoms with E-state index in [0.29, 0.717) is 23.8 Å². The average molecular weight is 528 g/mol. The molecule has 2 aromatic heterocycles. The average Bonchev–Trinajstić information content (AvgIpc) is 3.19. The maximum absolute atomic E-state index is 12.5. The highest BCUT2D eigenvalue weighted by molar-refractivity contribution is 9.10. The Morgan fingerprint density at radius 2 is 1.94 bits per heavy atom. The molecule has 4 aromatic rings. The van der Waals surface area contributed by atoms with Crippen LogP contribution in [0.1, 0.15) is 12.0 Å². The molecule has 0 radical (unpaired) electrons. The fraction of sp³-hybridized carbons (Fsp3) is 0.208. The Morgan fingerprint density at radius 3 is 2.73 bits per heavy atom. The second kappa shape index (κ2) is 10.2. The number of benzene rings is 2. The van der Waals surface area contributed by atoms with Crippen LogP contribution in [0.25, 0.3) is 16.9 Å². The second-order valence-electron chi connectivity index (χ2n) is 7.68. The third-order valence-electron chi connectivity index (χ3n) is 5.29. The van der Waals surface area contributed by atoms with Crippen LogP contribution in [-0.4, -0.2) is 45.7 Å². The SMILES string of the molecule is Cc1ccccc1NC(=O)N(C)CCCNc1cc(-c2ccccc2Cl)nc2c(Br)cnn12. The summed E-state index contributed by atoms with van der Waals surface area (Å²) in [5.41, 5.74) is 4.16. The molecule has 2 N–H and O–H groups in total. The zero-order valence-electron chi connectivity index (χ0n) is 18.3. The van der Waals surface area contributed by atoms with Crippen molar-refractivity contribution >= 4 is 50.7 Å². The van der Waals surface area contributed by atoms with Crippen LogP contribution in [0.4, 0.5) is 16.3 Å². The summed E-state index contributed by atoms with van der Waals surface area (Å²) in [6.07, 6.45) is 2.47. The Hall–Kier alpha value is -3.10. The second-order valence-corrected chi connectivity index (χ2v) is 8.94. The molecular formula is C24H24BrClN6O. The van der Waals surface area contributed by atoms with Crippen LogP contribution in [-0.2, 0) is 0 Å². The molecule has 0 fully saturated rings. The molecular weight excluding hydrogens is 504 g/mol. The summed E-state index contributed by atoms with van der Waals surface area (Å²) in [5, 5.41) is 11.4. The predicted molar refractivity (Wildman–Crippen MR) is 137 cm³/mol. The first kappa shape index (κ1) is 23.1. The molecule has 0 bridgehead atoms. The number of halogens is 2. The lowest BCUT2D eigenvalue weighted by Crippen LogP contribution is -2.33. The number of carbonyl (C=O) groups is 1. The van der Waals surface area contributed by atoms with Crippen LogP contribution in [0.3, 0.4) is 0 Å². The van der Waals surface area contributed by atoms with Crippen molar-refractivity contribution in [3.63, 3.8) is 0 Å². The zero-order chi connectivity index (χ0) is 23.4. The number of urea groups is 1. The van der Waals surface area contributed by atoms with E-state index in [-0.39, 0.29) is 6.03 Å². The van der Waals surface area contributed by atoms with Crippen molar-refractivity contribution in [3.8, 4) is 11.3 Å². The van der Waals surface area contributed by atoms with E-state index < -0.39 is 0 Å². The molecule has 2 heterocycles. The van der Waals surface area contributed by atoms with Gasteiger partial charge in [0, 0.05) is 42.5 Å². The standard InChI is InChI=1S/C24H24BrClN6O/c1-16-8-3-6-11-20(16)30-24(33)31(2)13-7-12-27-22-14-21(17-9-4-5-10-19(17)26)29-23-18(25)15-28-32(22)23/h3-6,8-11,14-15,27H,7,12-13H2,1-2H3,(H,30,33). The van der Waals surface area contributed by atoms with Gasteiger partial charge in [-0.2, -0.15) is 9.61 Å². The Bertz CT molecular complexity index is 1290. The normalized spacial score (nSPS) is 10.9. The van der Waals surface area contributed by atoms with Crippen LogP contribution in [0.5, 0.6) is 0 Å². The number of anilines is 2. The molecule has 4 rings (SSSR count). The predicted octanol–water partition coefficient (Wildman–Crippen LogP) is 6.09. The van der Waals surface area contributed by atoms with Crippen LogP contribution < -0.4 is 10.6 Å². The minimum atomic E-state index is -0.132. The van der Waals surface area contributed by atoms with Gasteiger partial charge < -0.3 is 15.5 Å². The molecule has 2 amide bonds. The highest BCUT2D eigenvalue weighted by atomic mass is 79.9. The van der Waals surface area contributed by atoms with E-state index in [1.54, 1.807) is 22.7 Å². The Morgan fingerprint density at radius 1 is 1.18 bits per heavy atom. The summed E-state index contributed by atoms with van der Waals surface area (Å²) in [6, 6.07) is 17.1. The fourth-order valence-corrected chi connectivity index (χ4v) is 4.01. The third kappa shape index (κ3) is 5.29. The number of hydrogen-bond donors (Lipinski definition) is 2. The summed E-state index contributed by atoms with van der Waals surface area (Å²) in [6.45, 7) is 3.22. The summed E-state index contributed by atoms with van der Waals surface area (Å²) >= 11 is 9.91. The molecule has 0 atom stereocenters. The molecule has 0 aliphatic carbocycles. The van der Waals surface area contributed by atoms with Crippen molar-refractivity contribution in [2.75, 3.05) is 30.8 Å². The fourth-order valence-electron chi connectivity index (χ4n) is 3.43. The molecule has 0 unspecified atom stereocenters.